The summed E-state index contributed by atoms with van der Waals surface area (Å²) in [6, 6.07) is 15.3. The van der Waals surface area contributed by atoms with Gasteiger partial charge in [0.15, 0.2) is 0 Å². The molecule has 0 unspecified atom stereocenters. The van der Waals surface area contributed by atoms with E-state index in [-0.39, 0.29) is 16.9 Å². The lowest BCUT2D eigenvalue weighted by atomic mass is 9.42. The third-order valence-corrected chi connectivity index (χ3v) is 10.8. The molecule has 7 rings (SSSR count). The topological polar surface area (TPSA) is 35.5 Å². The molecule has 0 aliphatic heterocycles. The van der Waals surface area contributed by atoms with Crippen molar-refractivity contribution in [2.75, 3.05) is 7.11 Å². The molecular weight excluding hydrogens is 515 g/mol. The molecule has 4 fully saturated rings. The molecule has 3 aromatic rings. The average molecular weight is 550 g/mol. The van der Waals surface area contributed by atoms with Crippen molar-refractivity contribution in [3.63, 3.8) is 0 Å². The number of hydrogen-bond acceptors (Lipinski definition) is 3. The number of esters is 1. The maximum atomic E-state index is 14.2. The van der Waals surface area contributed by atoms with E-state index in [1.807, 2.05) is 36.4 Å². The molecule has 4 saturated carbocycles. The van der Waals surface area contributed by atoms with E-state index in [2.05, 4.69) is 27.4 Å². The van der Waals surface area contributed by atoms with Crippen LogP contribution in [-0.4, -0.2) is 19.2 Å². The van der Waals surface area contributed by atoms with Gasteiger partial charge in [0.1, 0.15) is 11.9 Å². The molecule has 38 heavy (non-hydrogen) atoms. The number of benzene rings is 3. The first-order valence-corrected chi connectivity index (χ1v) is 14.3. The Balaban J connectivity index is 1.49. The van der Waals surface area contributed by atoms with Crippen LogP contribution in [-0.2, 0) is 4.74 Å². The monoisotopic (exact) mass is 548 g/mol. The van der Waals surface area contributed by atoms with Crippen LogP contribution < -0.4 is 4.74 Å². The highest BCUT2D eigenvalue weighted by Gasteiger charge is 2.68. The first kappa shape index (κ1) is 25.8. The lowest BCUT2D eigenvalue weighted by Gasteiger charge is -2.63. The zero-order valence-corrected chi connectivity index (χ0v) is 24.0. The van der Waals surface area contributed by atoms with Gasteiger partial charge in [0.25, 0.3) is 0 Å². The molecule has 3 nitrogen and oxygen atoms in total. The Labute approximate surface area is 235 Å². The predicted molar refractivity (Wildman–Crippen MR) is 155 cm³/mol. The Kier molecular flexibility index (Phi) is 6.12. The Hall–Kier alpha value is -2.49. The van der Waals surface area contributed by atoms with Crippen molar-refractivity contribution in [3.05, 3.63) is 76.3 Å². The summed E-state index contributed by atoms with van der Waals surface area (Å²) in [5.74, 6) is 1.53. The van der Waals surface area contributed by atoms with E-state index in [4.69, 9.17) is 32.7 Å². The molecule has 0 saturated heterocycles. The van der Waals surface area contributed by atoms with Crippen LogP contribution in [0.25, 0.3) is 21.9 Å². The molecule has 0 amide bonds. The molecule has 2 bridgehead atoms. The van der Waals surface area contributed by atoms with Gasteiger partial charge in [0, 0.05) is 21.6 Å². The van der Waals surface area contributed by atoms with Gasteiger partial charge < -0.3 is 9.47 Å². The Morgan fingerprint density at radius 1 is 1.03 bits per heavy atom. The lowest BCUT2D eigenvalue weighted by Crippen LogP contribution is -2.61. The summed E-state index contributed by atoms with van der Waals surface area (Å²) in [5.41, 5.74) is 2.83. The number of fused-ring (bicyclic) bond motifs is 3. The molecule has 198 valence electrons. The van der Waals surface area contributed by atoms with Crippen LogP contribution in [0.2, 0.25) is 10.0 Å². The van der Waals surface area contributed by atoms with Gasteiger partial charge in [0.2, 0.25) is 0 Å². The van der Waals surface area contributed by atoms with Crippen LogP contribution in [0.5, 0.6) is 5.75 Å². The Morgan fingerprint density at radius 3 is 2.55 bits per heavy atom. The van der Waals surface area contributed by atoms with Crippen molar-refractivity contribution in [2.45, 2.75) is 52.6 Å². The first-order chi connectivity index (χ1) is 18.1. The van der Waals surface area contributed by atoms with Crippen LogP contribution in [0.3, 0.4) is 0 Å². The third-order valence-electron chi connectivity index (χ3n) is 10.2. The van der Waals surface area contributed by atoms with Gasteiger partial charge in [-0.15, -0.1) is 0 Å². The highest BCUT2D eigenvalue weighted by molar-refractivity contribution is 6.38. The zero-order chi connectivity index (χ0) is 27.0. The molecule has 5 atom stereocenters. The van der Waals surface area contributed by atoms with Crippen molar-refractivity contribution in [3.8, 4) is 16.9 Å². The molecular formula is C33H34Cl2O3. The number of carbonyl (C=O) groups excluding carboxylic acids is 1. The van der Waals surface area contributed by atoms with E-state index in [1.54, 1.807) is 19.2 Å². The SMILES string of the molecule is C=C1[C@@H]2CC[C@]3([C@@H](C)CC[C@H]3C2(C)C)[C@H]1OC(=O)c1cc(Cl)cc(Cl)c1-c1c(OC)ccc2ccccc12. The van der Waals surface area contributed by atoms with Gasteiger partial charge in [-0.05, 0) is 83.4 Å². The van der Waals surface area contributed by atoms with Crippen molar-refractivity contribution < 1.29 is 14.3 Å². The van der Waals surface area contributed by atoms with E-state index in [1.165, 1.54) is 6.42 Å². The Morgan fingerprint density at radius 2 is 1.79 bits per heavy atom. The van der Waals surface area contributed by atoms with Crippen LogP contribution in [0.4, 0.5) is 0 Å². The maximum absolute atomic E-state index is 14.2. The average Bonchev–Trinajstić information content (AvgIpc) is 3.23. The number of halogens is 2. The molecule has 5 heteroatoms. The molecule has 3 aromatic carbocycles. The number of ether oxygens (including phenoxy) is 2. The fourth-order valence-electron chi connectivity index (χ4n) is 8.58. The molecule has 4 aliphatic carbocycles. The largest absolute Gasteiger partial charge is 0.496 e. The summed E-state index contributed by atoms with van der Waals surface area (Å²) < 4.78 is 12.3. The fraction of sp³-hybridized carbons (Fsp3) is 0.424. The molecule has 0 heterocycles. The predicted octanol–water partition coefficient (Wildman–Crippen LogP) is 9.39. The van der Waals surface area contributed by atoms with Crippen LogP contribution in [0.15, 0.2) is 60.7 Å². The van der Waals surface area contributed by atoms with E-state index in [0.29, 0.717) is 44.7 Å². The van der Waals surface area contributed by atoms with Crippen molar-refractivity contribution in [1.82, 2.24) is 0 Å². The summed E-state index contributed by atoms with van der Waals surface area (Å²) in [6.07, 6.45) is 4.20. The van der Waals surface area contributed by atoms with Gasteiger partial charge in [-0.3, -0.25) is 0 Å². The number of carbonyl (C=O) groups is 1. The minimum atomic E-state index is -0.414. The van der Waals surface area contributed by atoms with Crippen LogP contribution in [0, 0.1) is 28.6 Å². The highest BCUT2D eigenvalue weighted by Crippen LogP contribution is 2.71. The van der Waals surface area contributed by atoms with Crippen molar-refractivity contribution in [2.24, 2.45) is 28.6 Å². The standard InChI is InChI=1S/C33H34Cl2O3/c1-18-10-13-27-32(3,4)24-14-15-33(18,27)30(19(24)2)38-31(36)23-16-21(34)17-25(35)28(23)29-22-9-7-6-8-20(22)11-12-26(29)37-5/h6-9,11-12,16-18,24,27,30H,2,10,13-15H2,1,3-5H3/t18-,24-,27-,30-,33+/m0/s1. The van der Waals surface area contributed by atoms with Gasteiger partial charge in [-0.2, -0.15) is 0 Å². The van der Waals surface area contributed by atoms with Crippen molar-refractivity contribution in [1.29, 1.82) is 0 Å². The van der Waals surface area contributed by atoms with Gasteiger partial charge in [-0.25, -0.2) is 4.79 Å². The van der Waals surface area contributed by atoms with Gasteiger partial charge in [-0.1, -0.05) is 80.9 Å². The first-order valence-electron chi connectivity index (χ1n) is 13.6. The molecule has 0 N–H and O–H groups in total. The summed E-state index contributed by atoms with van der Waals surface area (Å²) in [7, 11) is 1.63. The second-order valence-electron chi connectivity index (χ2n) is 12.1. The molecule has 4 aliphatic rings. The smallest absolute Gasteiger partial charge is 0.339 e. The van der Waals surface area contributed by atoms with E-state index in [0.717, 1.165) is 41.2 Å². The molecule has 0 aromatic heterocycles. The normalized spacial score (nSPS) is 29.4. The minimum absolute atomic E-state index is 0.0787. The maximum Gasteiger partial charge on any atom is 0.339 e. The summed E-state index contributed by atoms with van der Waals surface area (Å²) in [6.45, 7) is 11.7. The Bertz CT molecular complexity index is 1470. The second-order valence-corrected chi connectivity index (χ2v) is 12.9. The molecule has 0 radical (unpaired) electrons. The summed E-state index contributed by atoms with van der Waals surface area (Å²) in [4.78, 5) is 14.2. The third kappa shape index (κ3) is 3.51. The summed E-state index contributed by atoms with van der Waals surface area (Å²) in [5, 5.41) is 2.74. The lowest BCUT2D eigenvalue weighted by molar-refractivity contribution is -0.148. The number of hydrogen-bond donors (Lipinski definition) is 0. The summed E-state index contributed by atoms with van der Waals surface area (Å²) >= 11 is 13.3. The highest BCUT2D eigenvalue weighted by atomic mass is 35.5. The minimum Gasteiger partial charge on any atom is -0.496 e. The van der Waals surface area contributed by atoms with E-state index < -0.39 is 5.97 Å². The zero-order valence-electron chi connectivity index (χ0n) is 22.4. The van der Waals surface area contributed by atoms with E-state index in [9.17, 15) is 4.79 Å². The quantitative estimate of drug-likeness (QED) is 0.240. The van der Waals surface area contributed by atoms with Crippen LogP contribution >= 0.6 is 23.2 Å². The number of rotatable bonds is 4. The van der Waals surface area contributed by atoms with E-state index >= 15 is 0 Å². The van der Waals surface area contributed by atoms with Crippen LogP contribution in [0.1, 0.15) is 56.8 Å². The molecule has 1 spiro atoms. The second kappa shape index (κ2) is 9.03. The van der Waals surface area contributed by atoms with Crippen molar-refractivity contribution >= 4 is 39.9 Å². The number of methoxy groups -OCH3 is 1. The van der Waals surface area contributed by atoms with Gasteiger partial charge in [0.05, 0.1) is 17.7 Å². The fourth-order valence-corrected chi connectivity index (χ4v) is 9.17. The van der Waals surface area contributed by atoms with Gasteiger partial charge >= 0.3 is 5.97 Å².